The van der Waals surface area contributed by atoms with Crippen LogP contribution in [0.25, 0.3) is 0 Å². The third-order valence-corrected chi connectivity index (χ3v) is 2.56. The Labute approximate surface area is 86.7 Å². The van der Waals surface area contributed by atoms with Crippen LogP contribution in [0.3, 0.4) is 0 Å². The highest BCUT2D eigenvalue weighted by molar-refractivity contribution is 7.13. The lowest BCUT2D eigenvalue weighted by Gasteiger charge is -2.11. The van der Waals surface area contributed by atoms with Crippen LogP contribution in [-0.4, -0.2) is 11.1 Å². The molecule has 0 unspecified atom stereocenters. The third kappa shape index (κ3) is 3.48. The number of hydrogen-bond acceptors (Lipinski definition) is 4. The van der Waals surface area contributed by atoms with Crippen LogP contribution >= 0.6 is 11.3 Å². The van der Waals surface area contributed by atoms with Crippen molar-refractivity contribution in [3.05, 3.63) is 27.1 Å². The maximum absolute atomic E-state index is 11.9. The van der Waals surface area contributed by atoms with Gasteiger partial charge in [-0.1, -0.05) is 11.3 Å². The molecule has 1 aromatic rings. The van der Waals surface area contributed by atoms with Gasteiger partial charge < -0.3 is 5.73 Å². The average Bonchev–Trinajstić information content (AvgIpc) is 2.47. The molecule has 0 aliphatic carbocycles. The SMILES string of the molecule is N[C@@H](CC(F)(F)F)c1csc([N+](=O)[O-])c1. The number of rotatable bonds is 3. The smallest absolute Gasteiger partial charge is 0.324 e. The molecule has 8 heteroatoms. The summed E-state index contributed by atoms with van der Waals surface area (Å²) in [7, 11) is 0. The van der Waals surface area contributed by atoms with Gasteiger partial charge in [0, 0.05) is 17.5 Å². The first-order chi connectivity index (χ1) is 6.79. The number of halogens is 3. The van der Waals surface area contributed by atoms with Crippen molar-refractivity contribution in [2.45, 2.75) is 18.6 Å². The number of thiophene rings is 1. The summed E-state index contributed by atoms with van der Waals surface area (Å²) in [5.41, 5.74) is 5.40. The summed E-state index contributed by atoms with van der Waals surface area (Å²) in [5.74, 6) is 0. The van der Waals surface area contributed by atoms with Crippen LogP contribution in [0, 0.1) is 10.1 Å². The molecule has 0 aliphatic rings. The molecule has 15 heavy (non-hydrogen) atoms. The number of nitrogens with two attached hydrogens (primary N) is 1. The first-order valence-electron chi connectivity index (χ1n) is 3.85. The zero-order valence-corrected chi connectivity index (χ0v) is 8.14. The highest BCUT2D eigenvalue weighted by Gasteiger charge is 2.31. The Morgan fingerprint density at radius 2 is 2.20 bits per heavy atom. The van der Waals surface area contributed by atoms with Crippen molar-refractivity contribution < 1.29 is 18.1 Å². The van der Waals surface area contributed by atoms with E-state index >= 15 is 0 Å². The predicted molar refractivity (Wildman–Crippen MR) is 48.6 cm³/mol. The fraction of sp³-hybridized carbons (Fsp3) is 0.429. The highest BCUT2D eigenvalue weighted by Crippen LogP contribution is 2.32. The Morgan fingerprint density at radius 3 is 2.60 bits per heavy atom. The summed E-state index contributed by atoms with van der Waals surface area (Å²) in [5, 5.41) is 11.3. The molecule has 2 N–H and O–H groups in total. The van der Waals surface area contributed by atoms with Crippen LogP contribution in [0.5, 0.6) is 0 Å². The van der Waals surface area contributed by atoms with Gasteiger partial charge >= 0.3 is 11.2 Å². The van der Waals surface area contributed by atoms with E-state index in [1.807, 2.05) is 0 Å². The molecule has 0 fully saturated rings. The molecule has 0 bridgehead atoms. The fourth-order valence-corrected chi connectivity index (χ4v) is 1.79. The van der Waals surface area contributed by atoms with Crippen LogP contribution in [0.15, 0.2) is 11.4 Å². The minimum absolute atomic E-state index is 0.143. The van der Waals surface area contributed by atoms with Crippen LogP contribution in [0.2, 0.25) is 0 Å². The van der Waals surface area contributed by atoms with Gasteiger partial charge in [-0.15, -0.1) is 0 Å². The van der Waals surface area contributed by atoms with Crippen molar-refractivity contribution in [3.63, 3.8) is 0 Å². The highest BCUT2D eigenvalue weighted by atomic mass is 32.1. The first kappa shape index (κ1) is 11.9. The molecule has 1 atom stereocenters. The molecule has 0 saturated heterocycles. The molecule has 0 amide bonds. The molecular formula is C7H7F3N2O2S. The molecule has 1 aromatic heterocycles. The fourth-order valence-electron chi connectivity index (χ4n) is 0.996. The summed E-state index contributed by atoms with van der Waals surface area (Å²) in [6, 6.07) is -0.170. The minimum atomic E-state index is -4.36. The zero-order valence-electron chi connectivity index (χ0n) is 7.32. The van der Waals surface area contributed by atoms with Crippen LogP contribution in [0.4, 0.5) is 18.2 Å². The second-order valence-electron chi connectivity index (χ2n) is 2.90. The van der Waals surface area contributed by atoms with Crippen molar-refractivity contribution in [2.24, 2.45) is 5.73 Å². The second-order valence-corrected chi connectivity index (χ2v) is 3.79. The maximum Gasteiger partial charge on any atom is 0.390 e. The van der Waals surface area contributed by atoms with Crippen molar-refractivity contribution >= 4 is 16.3 Å². The van der Waals surface area contributed by atoms with Crippen molar-refractivity contribution in [1.82, 2.24) is 0 Å². The normalized spacial score (nSPS) is 13.9. The summed E-state index contributed by atoms with van der Waals surface area (Å²) in [6.07, 6.45) is -5.54. The van der Waals surface area contributed by atoms with E-state index in [-0.39, 0.29) is 10.6 Å². The van der Waals surface area contributed by atoms with E-state index in [9.17, 15) is 23.3 Å². The van der Waals surface area contributed by atoms with Gasteiger partial charge in [0.15, 0.2) is 0 Å². The molecule has 4 nitrogen and oxygen atoms in total. The first-order valence-corrected chi connectivity index (χ1v) is 4.73. The van der Waals surface area contributed by atoms with Gasteiger partial charge in [-0.2, -0.15) is 13.2 Å². The second kappa shape index (κ2) is 4.15. The Balaban J connectivity index is 2.74. The van der Waals surface area contributed by atoms with E-state index in [0.29, 0.717) is 0 Å². The Morgan fingerprint density at radius 1 is 1.60 bits per heavy atom. The Hall–Kier alpha value is -1.15. The van der Waals surface area contributed by atoms with E-state index in [1.165, 1.54) is 5.38 Å². The average molecular weight is 240 g/mol. The zero-order chi connectivity index (χ0) is 11.6. The van der Waals surface area contributed by atoms with Crippen LogP contribution in [-0.2, 0) is 0 Å². The summed E-state index contributed by atoms with van der Waals surface area (Å²) < 4.78 is 35.8. The molecule has 1 rings (SSSR count). The van der Waals surface area contributed by atoms with Crippen molar-refractivity contribution in [3.8, 4) is 0 Å². The van der Waals surface area contributed by atoms with Gasteiger partial charge in [-0.3, -0.25) is 10.1 Å². The lowest BCUT2D eigenvalue weighted by Crippen LogP contribution is -2.19. The number of alkyl halides is 3. The molecule has 0 saturated carbocycles. The molecule has 1 heterocycles. The van der Waals surface area contributed by atoms with E-state index in [4.69, 9.17) is 5.73 Å². The lowest BCUT2D eigenvalue weighted by molar-refractivity contribution is -0.380. The van der Waals surface area contributed by atoms with Crippen LogP contribution < -0.4 is 5.73 Å². The monoisotopic (exact) mass is 240 g/mol. The van der Waals surface area contributed by atoms with Crippen molar-refractivity contribution in [2.75, 3.05) is 0 Å². The minimum Gasteiger partial charge on any atom is -0.324 e. The van der Waals surface area contributed by atoms with Gasteiger partial charge in [-0.25, -0.2) is 0 Å². The van der Waals surface area contributed by atoms with Gasteiger partial charge in [-0.05, 0) is 5.56 Å². The van der Waals surface area contributed by atoms with E-state index in [1.54, 1.807) is 0 Å². The molecule has 0 radical (unpaired) electrons. The molecule has 0 aliphatic heterocycles. The largest absolute Gasteiger partial charge is 0.390 e. The number of nitrogens with zero attached hydrogens (tertiary/aromatic N) is 1. The Bertz CT molecular complexity index is 363. The molecule has 84 valence electrons. The van der Waals surface area contributed by atoms with E-state index in [0.717, 1.165) is 17.4 Å². The number of hydrogen-bond donors (Lipinski definition) is 1. The summed E-state index contributed by atoms with van der Waals surface area (Å²) in [6.45, 7) is 0. The lowest BCUT2D eigenvalue weighted by atomic mass is 10.1. The Kier molecular flexibility index (Phi) is 3.30. The number of nitro groups is 1. The van der Waals surface area contributed by atoms with Crippen LogP contribution in [0.1, 0.15) is 18.0 Å². The standard InChI is InChI=1S/C7H7F3N2O2S/c8-7(9,10)2-5(11)4-1-6(12(13)14)15-3-4/h1,3,5H,2,11H2/t5-/m0/s1. The maximum atomic E-state index is 11.9. The van der Waals surface area contributed by atoms with Gasteiger partial charge in [0.25, 0.3) is 0 Å². The van der Waals surface area contributed by atoms with Gasteiger partial charge in [0.2, 0.25) is 0 Å². The predicted octanol–water partition coefficient (Wildman–Crippen LogP) is 2.61. The third-order valence-electron chi connectivity index (χ3n) is 1.67. The van der Waals surface area contributed by atoms with E-state index in [2.05, 4.69) is 0 Å². The quantitative estimate of drug-likeness (QED) is 0.652. The van der Waals surface area contributed by atoms with Gasteiger partial charge in [0.05, 0.1) is 11.3 Å². The topological polar surface area (TPSA) is 69.2 Å². The van der Waals surface area contributed by atoms with Crippen molar-refractivity contribution in [1.29, 1.82) is 0 Å². The molecule has 0 aromatic carbocycles. The van der Waals surface area contributed by atoms with E-state index < -0.39 is 23.6 Å². The van der Waals surface area contributed by atoms with Gasteiger partial charge in [0.1, 0.15) is 0 Å². The summed E-state index contributed by atoms with van der Waals surface area (Å²) in [4.78, 5) is 9.62. The molecular weight excluding hydrogens is 233 g/mol. The molecule has 0 spiro atoms. The summed E-state index contributed by atoms with van der Waals surface area (Å²) >= 11 is 0.766.